The van der Waals surface area contributed by atoms with Crippen LogP contribution in [0.25, 0.3) is 11.3 Å². The molecule has 5 heteroatoms. The number of H-pyrrole nitrogens is 1. The average Bonchev–Trinajstić information content (AvgIpc) is 2.58. The van der Waals surface area contributed by atoms with Gasteiger partial charge in [-0.3, -0.25) is 0 Å². The normalized spacial score (nSPS) is 10.6. The van der Waals surface area contributed by atoms with Gasteiger partial charge in [-0.25, -0.2) is 8.78 Å². The number of oxazole rings is 1. The Morgan fingerprint density at radius 3 is 2.60 bits per heavy atom. The summed E-state index contributed by atoms with van der Waals surface area (Å²) >= 11 is 4.70. The fourth-order valence-corrected chi connectivity index (χ4v) is 1.42. The second-order valence-corrected chi connectivity index (χ2v) is 3.51. The Kier molecular flexibility index (Phi) is 2.40. The fraction of sp³-hybridized carbons (Fsp3) is 0.100. The highest BCUT2D eigenvalue weighted by Crippen LogP contribution is 2.24. The molecule has 0 fully saturated rings. The Hall–Kier alpha value is -1.49. The van der Waals surface area contributed by atoms with Crippen LogP contribution in [0, 0.1) is 23.4 Å². The van der Waals surface area contributed by atoms with Crippen molar-refractivity contribution in [3.8, 4) is 11.3 Å². The quantitative estimate of drug-likeness (QED) is 0.754. The Balaban J connectivity index is 2.63. The zero-order valence-electron chi connectivity index (χ0n) is 7.80. The smallest absolute Gasteiger partial charge is 0.266 e. The summed E-state index contributed by atoms with van der Waals surface area (Å²) in [6.07, 6.45) is 1.26. The topological polar surface area (TPSA) is 28.9 Å². The van der Waals surface area contributed by atoms with Gasteiger partial charge >= 0.3 is 0 Å². The van der Waals surface area contributed by atoms with E-state index >= 15 is 0 Å². The summed E-state index contributed by atoms with van der Waals surface area (Å²) in [5, 5.41) is 0. The first-order chi connectivity index (χ1) is 7.08. The van der Waals surface area contributed by atoms with E-state index in [9.17, 15) is 8.78 Å². The van der Waals surface area contributed by atoms with Gasteiger partial charge in [0.25, 0.3) is 4.84 Å². The summed E-state index contributed by atoms with van der Waals surface area (Å²) in [5.41, 5.74) is 0.702. The monoisotopic (exact) mass is 227 g/mol. The van der Waals surface area contributed by atoms with E-state index in [1.165, 1.54) is 13.2 Å². The Bertz CT molecular complexity index is 559. The van der Waals surface area contributed by atoms with Gasteiger partial charge in [-0.1, -0.05) is 0 Å². The Morgan fingerprint density at radius 2 is 2.00 bits per heavy atom. The lowest BCUT2D eigenvalue weighted by Gasteiger charge is -2.02. The predicted molar refractivity (Wildman–Crippen MR) is 54.0 cm³/mol. The summed E-state index contributed by atoms with van der Waals surface area (Å²) in [4.78, 5) is 2.75. The lowest BCUT2D eigenvalue weighted by Crippen LogP contribution is -1.90. The first-order valence-electron chi connectivity index (χ1n) is 4.22. The average molecular weight is 227 g/mol. The van der Waals surface area contributed by atoms with Crippen molar-refractivity contribution in [1.82, 2.24) is 4.98 Å². The molecule has 2 aromatic rings. The number of aromatic amines is 1. The summed E-state index contributed by atoms with van der Waals surface area (Å²) in [6.45, 7) is 1.50. The number of hydrogen-bond acceptors (Lipinski definition) is 2. The minimum Gasteiger partial charge on any atom is -0.437 e. The molecular formula is C10H7F2NOS. The van der Waals surface area contributed by atoms with E-state index < -0.39 is 11.6 Å². The van der Waals surface area contributed by atoms with Crippen molar-refractivity contribution in [2.45, 2.75) is 6.92 Å². The van der Waals surface area contributed by atoms with Gasteiger partial charge in [0.15, 0.2) is 0 Å². The zero-order valence-corrected chi connectivity index (χ0v) is 8.62. The summed E-state index contributed by atoms with van der Waals surface area (Å²) in [5.74, 6) is -0.979. The number of aryl methyl sites for hydroxylation is 1. The molecule has 0 bridgehead atoms. The highest BCUT2D eigenvalue weighted by Gasteiger charge is 2.10. The number of nitrogens with one attached hydrogen (secondary N) is 1. The molecule has 1 aromatic carbocycles. The molecule has 0 unspecified atom stereocenters. The van der Waals surface area contributed by atoms with Crippen molar-refractivity contribution < 1.29 is 13.2 Å². The molecule has 0 spiro atoms. The molecule has 15 heavy (non-hydrogen) atoms. The molecule has 0 aliphatic carbocycles. The number of rotatable bonds is 1. The summed E-state index contributed by atoms with van der Waals surface area (Å²) < 4.78 is 31.5. The molecule has 0 amide bonds. The van der Waals surface area contributed by atoms with E-state index in [0.29, 0.717) is 5.69 Å². The van der Waals surface area contributed by atoms with Gasteiger partial charge in [-0.05, 0) is 36.8 Å². The fourth-order valence-electron chi connectivity index (χ4n) is 1.26. The van der Waals surface area contributed by atoms with Crippen molar-refractivity contribution in [2.24, 2.45) is 0 Å². The highest BCUT2D eigenvalue weighted by molar-refractivity contribution is 7.71. The van der Waals surface area contributed by atoms with Crippen LogP contribution in [0.5, 0.6) is 0 Å². The summed E-state index contributed by atoms with van der Waals surface area (Å²) in [6, 6.07) is 2.25. The molecule has 0 saturated carbocycles. The van der Waals surface area contributed by atoms with Crippen molar-refractivity contribution >= 4 is 12.2 Å². The largest absolute Gasteiger partial charge is 0.437 e. The van der Waals surface area contributed by atoms with Crippen LogP contribution >= 0.6 is 12.2 Å². The highest BCUT2D eigenvalue weighted by atomic mass is 32.1. The number of hydrogen-bond donors (Lipinski definition) is 1. The van der Waals surface area contributed by atoms with Gasteiger partial charge in [-0.2, -0.15) is 0 Å². The van der Waals surface area contributed by atoms with E-state index in [1.54, 1.807) is 0 Å². The molecule has 2 rings (SSSR count). The molecule has 1 N–H and O–H groups in total. The molecular weight excluding hydrogens is 220 g/mol. The molecule has 1 aromatic heterocycles. The van der Waals surface area contributed by atoms with Crippen LogP contribution in [0.3, 0.4) is 0 Å². The number of aromatic nitrogens is 1. The van der Waals surface area contributed by atoms with Gasteiger partial charge in [0.1, 0.15) is 17.9 Å². The third-order valence-electron chi connectivity index (χ3n) is 2.06. The minimum absolute atomic E-state index is 0.109. The third kappa shape index (κ3) is 1.83. The van der Waals surface area contributed by atoms with Crippen LogP contribution in [-0.4, -0.2) is 4.98 Å². The van der Waals surface area contributed by atoms with E-state index in [0.717, 1.165) is 12.1 Å². The van der Waals surface area contributed by atoms with Gasteiger partial charge in [0.2, 0.25) is 0 Å². The van der Waals surface area contributed by atoms with Crippen LogP contribution < -0.4 is 0 Å². The van der Waals surface area contributed by atoms with Crippen molar-refractivity contribution in [3.63, 3.8) is 0 Å². The summed E-state index contributed by atoms with van der Waals surface area (Å²) in [7, 11) is 0. The van der Waals surface area contributed by atoms with Gasteiger partial charge < -0.3 is 9.40 Å². The second-order valence-electron chi connectivity index (χ2n) is 3.14. The molecule has 0 radical (unpaired) electrons. The molecule has 0 atom stereocenters. The van der Waals surface area contributed by atoms with Gasteiger partial charge in [0.05, 0.1) is 5.69 Å². The molecule has 2 nitrogen and oxygen atoms in total. The predicted octanol–water partition coefficient (Wildman–Crippen LogP) is 3.59. The second kappa shape index (κ2) is 3.58. The van der Waals surface area contributed by atoms with Crippen LogP contribution in [0.4, 0.5) is 8.78 Å². The van der Waals surface area contributed by atoms with Crippen LogP contribution in [0.15, 0.2) is 22.8 Å². The third-order valence-corrected chi connectivity index (χ3v) is 2.26. The van der Waals surface area contributed by atoms with E-state index in [1.807, 2.05) is 0 Å². The SMILES string of the molecule is Cc1cc(F)c(-c2coc(=S)[nH]2)cc1F. The molecule has 1 heterocycles. The van der Waals surface area contributed by atoms with Crippen LogP contribution in [-0.2, 0) is 0 Å². The first kappa shape index (κ1) is 10.0. The maximum Gasteiger partial charge on any atom is 0.266 e. The molecule has 78 valence electrons. The van der Waals surface area contributed by atoms with Gasteiger partial charge in [-0.15, -0.1) is 0 Å². The van der Waals surface area contributed by atoms with Crippen molar-refractivity contribution in [1.29, 1.82) is 0 Å². The van der Waals surface area contributed by atoms with E-state index in [4.69, 9.17) is 16.6 Å². The van der Waals surface area contributed by atoms with E-state index in [-0.39, 0.29) is 16.0 Å². The maximum absolute atomic E-state index is 13.5. The zero-order chi connectivity index (χ0) is 11.0. The van der Waals surface area contributed by atoms with E-state index in [2.05, 4.69) is 4.98 Å². The lowest BCUT2D eigenvalue weighted by atomic mass is 10.1. The number of halogens is 2. The molecule has 0 saturated heterocycles. The molecule has 0 aliphatic rings. The first-order valence-corrected chi connectivity index (χ1v) is 4.62. The van der Waals surface area contributed by atoms with Crippen molar-refractivity contribution in [3.05, 3.63) is 40.4 Å². The Labute approximate surface area is 89.6 Å². The minimum atomic E-state index is -0.513. The standard InChI is InChI=1S/C10H7F2NOS/c1-5-2-8(12)6(3-7(5)11)9-4-14-10(15)13-9/h2-4H,1H3,(H,13,15). The lowest BCUT2D eigenvalue weighted by molar-refractivity contribution is 0.540. The Morgan fingerprint density at radius 1 is 1.27 bits per heavy atom. The maximum atomic E-state index is 13.5. The van der Waals surface area contributed by atoms with Crippen molar-refractivity contribution in [2.75, 3.05) is 0 Å². The number of benzene rings is 1. The molecule has 0 aliphatic heterocycles. The van der Waals surface area contributed by atoms with Crippen LogP contribution in [0.2, 0.25) is 0 Å². The van der Waals surface area contributed by atoms with Gasteiger partial charge in [0, 0.05) is 5.56 Å². The van der Waals surface area contributed by atoms with Crippen LogP contribution in [0.1, 0.15) is 5.56 Å².